The van der Waals surface area contributed by atoms with E-state index in [1.807, 2.05) is 31.2 Å². The molecule has 5 heteroatoms. The van der Waals surface area contributed by atoms with Gasteiger partial charge in [0.2, 0.25) is 5.88 Å². The fourth-order valence-corrected chi connectivity index (χ4v) is 2.70. The number of allylic oxidation sites excluding steroid dienone is 1. The summed E-state index contributed by atoms with van der Waals surface area (Å²) in [7, 11) is 0. The third kappa shape index (κ3) is 2.15. The van der Waals surface area contributed by atoms with E-state index in [1.165, 1.54) is 0 Å². The van der Waals surface area contributed by atoms with E-state index in [0.29, 0.717) is 17.0 Å². The first-order chi connectivity index (χ1) is 10.5. The number of hydrogen-bond donors (Lipinski definition) is 2. The molecule has 0 saturated heterocycles. The highest BCUT2D eigenvalue weighted by Crippen LogP contribution is 2.39. The van der Waals surface area contributed by atoms with Crippen molar-refractivity contribution in [3.63, 3.8) is 0 Å². The smallest absolute Gasteiger partial charge is 0.256 e. The molecule has 3 N–H and O–H groups in total. The first-order valence-corrected chi connectivity index (χ1v) is 6.89. The molecule has 0 radical (unpaired) electrons. The molecule has 110 valence electrons. The molecule has 3 rings (SSSR count). The Morgan fingerprint density at radius 2 is 1.95 bits per heavy atom. The molecule has 1 aliphatic heterocycles. The van der Waals surface area contributed by atoms with Gasteiger partial charge in [-0.1, -0.05) is 29.8 Å². The molecule has 0 bridgehead atoms. The molecular formula is C17H15N3O2. The van der Waals surface area contributed by atoms with Crippen molar-refractivity contribution in [1.29, 1.82) is 5.26 Å². The van der Waals surface area contributed by atoms with E-state index in [0.717, 1.165) is 11.1 Å². The number of aryl methyl sites for hydroxylation is 2. The number of H-pyrrole nitrogens is 1. The van der Waals surface area contributed by atoms with Crippen molar-refractivity contribution >= 4 is 0 Å². The maximum Gasteiger partial charge on any atom is 0.256 e. The number of ether oxygens (including phenoxy) is 1. The summed E-state index contributed by atoms with van der Waals surface area (Å²) in [4.78, 5) is 15.2. The van der Waals surface area contributed by atoms with Crippen LogP contribution in [0.2, 0.25) is 0 Å². The summed E-state index contributed by atoms with van der Waals surface area (Å²) in [6, 6.07) is 11.5. The number of hydrogen-bond acceptors (Lipinski definition) is 4. The van der Waals surface area contributed by atoms with E-state index in [1.54, 1.807) is 13.0 Å². The number of aromatic amines is 1. The van der Waals surface area contributed by atoms with Crippen molar-refractivity contribution in [3.8, 4) is 11.8 Å². The zero-order chi connectivity index (χ0) is 15.9. The maximum atomic E-state index is 12.4. The molecule has 5 nitrogen and oxygen atoms in total. The number of benzene rings is 1. The summed E-state index contributed by atoms with van der Waals surface area (Å²) in [6.45, 7) is 3.75. The molecule has 1 aromatic carbocycles. The minimum absolute atomic E-state index is 0.0468. The number of aromatic nitrogens is 1. The average Bonchev–Trinajstić information content (AvgIpc) is 2.46. The Hall–Kier alpha value is -3.00. The Bertz CT molecular complexity index is 870. The molecule has 0 amide bonds. The van der Waals surface area contributed by atoms with Crippen LogP contribution >= 0.6 is 0 Å². The zero-order valence-electron chi connectivity index (χ0n) is 12.3. The van der Waals surface area contributed by atoms with Crippen LogP contribution in [0.3, 0.4) is 0 Å². The van der Waals surface area contributed by atoms with Gasteiger partial charge in [-0.2, -0.15) is 5.26 Å². The van der Waals surface area contributed by atoms with Crippen molar-refractivity contribution in [3.05, 3.63) is 74.5 Å². The van der Waals surface area contributed by atoms with Gasteiger partial charge < -0.3 is 15.5 Å². The van der Waals surface area contributed by atoms with Gasteiger partial charge in [0, 0.05) is 11.8 Å². The summed E-state index contributed by atoms with van der Waals surface area (Å²) in [5, 5.41) is 9.44. The van der Waals surface area contributed by atoms with Gasteiger partial charge in [0.25, 0.3) is 5.56 Å². The monoisotopic (exact) mass is 293 g/mol. The lowest BCUT2D eigenvalue weighted by molar-refractivity contribution is 0.391. The van der Waals surface area contributed by atoms with Crippen LogP contribution in [0.15, 0.2) is 46.6 Å². The molecule has 0 fully saturated rings. The molecule has 0 saturated carbocycles. The minimum Gasteiger partial charge on any atom is -0.440 e. The van der Waals surface area contributed by atoms with E-state index >= 15 is 0 Å². The predicted molar refractivity (Wildman–Crippen MR) is 82.3 cm³/mol. The minimum atomic E-state index is -0.515. The van der Waals surface area contributed by atoms with Crippen molar-refractivity contribution in [2.45, 2.75) is 19.8 Å². The van der Waals surface area contributed by atoms with Crippen LogP contribution in [0.5, 0.6) is 5.75 Å². The van der Waals surface area contributed by atoms with Crippen LogP contribution in [0.4, 0.5) is 0 Å². The van der Waals surface area contributed by atoms with Gasteiger partial charge in [-0.15, -0.1) is 0 Å². The van der Waals surface area contributed by atoms with Crippen LogP contribution in [-0.4, -0.2) is 4.98 Å². The summed E-state index contributed by atoms with van der Waals surface area (Å²) < 4.78 is 5.49. The largest absolute Gasteiger partial charge is 0.440 e. The third-order valence-electron chi connectivity index (χ3n) is 3.76. The SMILES string of the molecule is Cc1ccc(C2C(C#N)=C(N)Oc3cc(C)[nH]c(=O)c32)cc1. The second kappa shape index (κ2) is 5.08. The molecular weight excluding hydrogens is 278 g/mol. The Kier molecular flexibility index (Phi) is 3.22. The lowest BCUT2D eigenvalue weighted by atomic mass is 9.84. The topological polar surface area (TPSA) is 91.9 Å². The van der Waals surface area contributed by atoms with Crippen LogP contribution in [0.1, 0.15) is 28.3 Å². The van der Waals surface area contributed by atoms with Gasteiger partial charge >= 0.3 is 0 Å². The number of nitrogens with two attached hydrogens (primary N) is 1. The van der Waals surface area contributed by atoms with Gasteiger partial charge in [0.05, 0.1) is 11.5 Å². The average molecular weight is 293 g/mol. The lowest BCUT2D eigenvalue weighted by Gasteiger charge is -2.25. The van der Waals surface area contributed by atoms with Crippen molar-refractivity contribution in [2.75, 3.05) is 0 Å². The highest BCUT2D eigenvalue weighted by molar-refractivity contribution is 5.55. The molecule has 2 heterocycles. The number of rotatable bonds is 1. The van der Waals surface area contributed by atoms with E-state index in [-0.39, 0.29) is 17.0 Å². The van der Waals surface area contributed by atoms with Crippen molar-refractivity contribution < 1.29 is 4.74 Å². The second-order valence-electron chi connectivity index (χ2n) is 5.39. The quantitative estimate of drug-likeness (QED) is 0.843. The molecule has 1 aliphatic rings. The number of nitriles is 1. The normalized spacial score (nSPS) is 16.7. The van der Waals surface area contributed by atoms with Crippen LogP contribution in [0.25, 0.3) is 0 Å². The summed E-state index contributed by atoms with van der Waals surface area (Å²) in [5.74, 6) is -0.0624. The summed E-state index contributed by atoms with van der Waals surface area (Å²) in [6.07, 6.45) is 0. The van der Waals surface area contributed by atoms with Gasteiger partial charge in [0.15, 0.2) is 0 Å². The molecule has 0 spiro atoms. The molecule has 2 aromatic rings. The Morgan fingerprint density at radius 3 is 2.59 bits per heavy atom. The molecule has 1 unspecified atom stereocenters. The highest BCUT2D eigenvalue weighted by atomic mass is 16.5. The zero-order valence-corrected chi connectivity index (χ0v) is 12.3. The highest BCUT2D eigenvalue weighted by Gasteiger charge is 2.33. The lowest BCUT2D eigenvalue weighted by Crippen LogP contribution is -2.28. The fraction of sp³-hybridized carbons (Fsp3) is 0.176. The maximum absolute atomic E-state index is 12.4. The molecule has 0 aliphatic carbocycles. The standard InChI is InChI=1S/C17H15N3O2/c1-9-3-5-11(6-4-9)14-12(8-18)16(19)22-13-7-10(2)20-17(21)15(13)14/h3-7,14H,19H2,1-2H3,(H,20,21). The summed E-state index contributed by atoms with van der Waals surface area (Å²) >= 11 is 0. The Morgan fingerprint density at radius 1 is 1.27 bits per heavy atom. The molecule has 1 aromatic heterocycles. The van der Waals surface area contributed by atoms with Crippen LogP contribution in [0, 0.1) is 25.2 Å². The molecule has 22 heavy (non-hydrogen) atoms. The van der Waals surface area contributed by atoms with E-state index in [9.17, 15) is 10.1 Å². The van der Waals surface area contributed by atoms with Gasteiger partial charge in [-0.05, 0) is 19.4 Å². The van der Waals surface area contributed by atoms with Crippen molar-refractivity contribution in [1.82, 2.24) is 4.98 Å². The van der Waals surface area contributed by atoms with Crippen LogP contribution in [-0.2, 0) is 0 Å². The first-order valence-electron chi connectivity index (χ1n) is 6.89. The number of pyridine rings is 1. The number of nitrogens with one attached hydrogen (secondary N) is 1. The second-order valence-corrected chi connectivity index (χ2v) is 5.39. The van der Waals surface area contributed by atoms with Crippen LogP contribution < -0.4 is 16.0 Å². The number of fused-ring (bicyclic) bond motifs is 1. The number of nitrogens with zero attached hydrogens (tertiary/aromatic N) is 1. The van der Waals surface area contributed by atoms with Gasteiger partial charge in [-0.25, -0.2) is 0 Å². The van der Waals surface area contributed by atoms with Crippen molar-refractivity contribution in [2.24, 2.45) is 5.73 Å². The third-order valence-corrected chi connectivity index (χ3v) is 3.76. The first kappa shape index (κ1) is 14.0. The Balaban J connectivity index is 2.29. The van der Waals surface area contributed by atoms with E-state index < -0.39 is 5.92 Å². The fourth-order valence-electron chi connectivity index (χ4n) is 2.70. The van der Waals surface area contributed by atoms with Gasteiger partial charge in [0.1, 0.15) is 17.4 Å². The Labute approximate surface area is 127 Å². The molecule has 1 atom stereocenters. The predicted octanol–water partition coefficient (Wildman–Crippen LogP) is 2.21. The van der Waals surface area contributed by atoms with E-state index in [4.69, 9.17) is 10.5 Å². The van der Waals surface area contributed by atoms with Gasteiger partial charge in [-0.3, -0.25) is 4.79 Å². The summed E-state index contributed by atoms with van der Waals surface area (Å²) in [5.41, 5.74) is 8.91. The van der Waals surface area contributed by atoms with E-state index in [2.05, 4.69) is 11.1 Å².